The molecule has 1 fully saturated rings. The summed E-state index contributed by atoms with van der Waals surface area (Å²) in [6.45, 7) is 15.2. The fraction of sp³-hybridized carbons (Fsp3) is 0.684. The van der Waals surface area contributed by atoms with Crippen LogP contribution in [0, 0.1) is 0 Å². The van der Waals surface area contributed by atoms with E-state index in [1.54, 1.807) is 0 Å². The first-order chi connectivity index (χ1) is 10.8. The first kappa shape index (κ1) is 18.2. The molecule has 1 aromatic carbocycles. The molecule has 0 saturated carbocycles. The standard InChI is InChI=1S/C19H32N2O2/c1-16(22)15-21-11-9-20(10-12-21)13-14-23-18-7-5-17(6-8-18)19(2,3)4/h5-8,16,22H,9-15H2,1-4H3. The number of nitrogens with zero attached hydrogens (tertiary/aromatic N) is 2. The molecular weight excluding hydrogens is 288 g/mol. The Hall–Kier alpha value is -1.10. The van der Waals surface area contributed by atoms with Gasteiger partial charge in [-0.3, -0.25) is 9.80 Å². The Morgan fingerprint density at radius 1 is 1.04 bits per heavy atom. The predicted molar refractivity (Wildman–Crippen MR) is 95.2 cm³/mol. The molecule has 0 amide bonds. The van der Waals surface area contributed by atoms with Gasteiger partial charge in [-0.1, -0.05) is 32.9 Å². The Labute approximate surface area is 141 Å². The van der Waals surface area contributed by atoms with Crippen molar-refractivity contribution in [1.82, 2.24) is 9.80 Å². The van der Waals surface area contributed by atoms with E-state index in [4.69, 9.17) is 4.74 Å². The number of hydrogen-bond acceptors (Lipinski definition) is 4. The topological polar surface area (TPSA) is 35.9 Å². The Balaban J connectivity index is 1.68. The van der Waals surface area contributed by atoms with Crippen molar-refractivity contribution in [3.63, 3.8) is 0 Å². The third-order valence-corrected chi connectivity index (χ3v) is 4.38. The van der Waals surface area contributed by atoms with Crippen LogP contribution in [0.1, 0.15) is 33.3 Å². The SMILES string of the molecule is CC(O)CN1CCN(CCOc2ccc(C(C)(C)C)cc2)CC1. The van der Waals surface area contributed by atoms with Gasteiger partial charge in [-0.05, 0) is 30.0 Å². The average Bonchev–Trinajstić information content (AvgIpc) is 2.48. The molecule has 1 saturated heterocycles. The van der Waals surface area contributed by atoms with Crippen LogP contribution in [0.25, 0.3) is 0 Å². The highest BCUT2D eigenvalue weighted by atomic mass is 16.5. The van der Waals surface area contributed by atoms with Crippen molar-refractivity contribution < 1.29 is 9.84 Å². The fourth-order valence-corrected chi connectivity index (χ4v) is 2.91. The number of piperazine rings is 1. The number of ether oxygens (including phenoxy) is 1. The van der Waals surface area contributed by atoms with Crippen LogP contribution in [0.4, 0.5) is 0 Å². The predicted octanol–water partition coefficient (Wildman–Crippen LogP) is 2.36. The Kier molecular flexibility index (Phi) is 6.45. The highest BCUT2D eigenvalue weighted by Gasteiger charge is 2.17. The van der Waals surface area contributed by atoms with E-state index in [2.05, 4.69) is 54.8 Å². The lowest BCUT2D eigenvalue weighted by atomic mass is 9.87. The van der Waals surface area contributed by atoms with Crippen molar-refractivity contribution >= 4 is 0 Å². The molecule has 2 rings (SSSR count). The van der Waals surface area contributed by atoms with Gasteiger partial charge >= 0.3 is 0 Å². The van der Waals surface area contributed by atoms with Crippen LogP contribution >= 0.6 is 0 Å². The van der Waals surface area contributed by atoms with Gasteiger partial charge in [0.05, 0.1) is 6.10 Å². The molecule has 1 aliphatic rings. The van der Waals surface area contributed by atoms with Crippen LogP contribution < -0.4 is 4.74 Å². The maximum absolute atomic E-state index is 9.43. The second kappa shape index (κ2) is 8.13. The van der Waals surface area contributed by atoms with E-state index in [1.165, 1.54) is 5.56 Å². The summed E-state index contributed by atoms with van der Waals surface area (Å²) in [6, 6.07) is 8.46. The van der Waals surface area contributed by atoms with Gasteiger partial charge in [0.1, 0.15) is 12.4 Å². The number of aliphatic hydroxyl groups is 1. The minimum Gasteiger partial charge on any atom is -0.492 e. The van der Waals surface area contributed by atoms with Crippen LogP contribution in [0.2, 0.25) is 0 Å². The van der Waals surface area contributed by atoms with Crippen molar-refractivity contribution in [2.75, 3.05) is 45.9 Å². The molecule has 0 spiro atoms. The van der Waals surface area contributed by atoms with Gasteiger partial charge in [-0.15, -0.1) is 0 Å². The lowest BCUT2D eigenvalue weighted by Gasteiger charge is -2.35. The van der Waals surface area contributed by atoms with Crippen LogP contribution in [-0.4, -0.2) is 66.9 Å². The molecule has 0 radical (unpaired) electrons. The zero-order chi connectivity index (χ0) is 16.9. The van der Waals surface area contributed by atoms with Crippen molar-refractivity contribution in [3.05, 3.63) is 29.8 Å². The summed E-state index contributed by atoms with van der Waals surface area (Å²) in [5.41, 5.74) is 1.52. The molecule has 1 N–H and O–H groups in total. The smallest absolute Gasteiger partial charge is 0.119 e. The van der Waals surface area contributed by atoms with E-state index in [0.717, 1.165) is 51.6 Å². The van der Waals surface area contributed by atoms with Gasteiger partial charge in [0.2, 0.25) is 0 Å². The monoisotopic (exact) mass is 320 g/mol. The zero-order valence-corrected chi connectivity index (χ0v) is 15.1. The van der Waals surface area contributed by atoms with Crippen LogP contribution in [0.3, 0.4) is 0 Å². The van der Waals surface area contributed by atoms with Crippen LogP contribution in [-0.2, 0) is 5.41 Å². The molecule has 0 bridgehead atoms. The summed E-state index contributed by atoms with van der Waals surface area (Å²) < 4.78 is 5.87. The van der Waals surface area contributed by atoms with Gasteiger partial charge in [-0.25, -0.2) is 0 Å². The Morgan fingerprint density at radius 3 is 2.13 bits per heavy atom. The number of aliphatic hydroxyl groups excluding tert-OH is 1. The van der Waals surface area contributed by atoms with E-state index in [9.17, 15) is 5.11 Å². The third kappa shape index (κ3) is 6.13. The lowest BCUT2D eigenvalue weighted by molar-refractivity contribution is 0.0750. The summed E-state index contributed by atoms with van der Waals surface area (Å²) in [7, 11) is 0. The summed E-state index contributed by atoms with van der Waals surface area (Å²) in [4.78, 5) is 4.76. The quantitative estimate of drug-likeness (QED) is 0.873. The largest absolute Gasteiger partial charge is 0.492 e. The maximum atomic E-state index is 9.43. The van der Waals surface area contributed by atoms with Gasteiger partial charge in [0.15, 0.2) is 0 Å². The molecule has 1 heterocycles. The van der Waals surface area contributed by atoms with E-state index in [-0.39, 0.29) is 11.5 Å². The molecule has 4 heteroatoms. The van der Waals surface area contributed by atoms with E-state index in [0.29, 0.717) is 0 Å². The molecular formula is C19H32N2O2. The lowest BCUT2D eigenvalue weighted by Crippen LogP contribution is -2.49. The summed E-state index contributed by atoms with van der Waals surface area (Å²) in [5, 5.41) is 9.43. The molecule has 1 aliphatic heterocycles. The Morgan fingerprint density at radius 2 is 1.61 bits per heavy atom. The molecule has 0 aromatic heterocycles. The first-order valence-corrected chi connectivity index (χ1v) is 8.71. The van der Waals surface area contributed by atoms with E-state index < -0.39 is 0 Å². The number of hydrogen-bond donors (Lipinski definition) is 1. The molecule has 130 valence electrons. The van der Waals surface area contributed by atoms with Crippen molar-refractivity contribution in [2.45, 2.75) is 39.2 Å². The molecule has 1 atom stereocenters. The van der Waals surface area contributed by atoms with Crippen molar-refractivity contribution in [2.24, 2.45) is 0 Å². The number of β-amino-alcohol motifs (C(OH)–C–C–N with tert-alkyl or cyclic N) is 1. The van der Waals surface area contributed by atoms with Crippen LogP contribution in [0.5, 0.6) is 5.75 Å². The summed E-state index contributed by atoms with van der Waals surface area (Å²) in [6.07, 6.45) is -0.235. The van der Waals surface area contributed by atoms with E-state index >= 15 is 0 Å². The minimum absolute atomic E-state index is 0.185. The highest BCUT2D eigenvalue weighted by Crippen LogP contribution is 2.24. The van der Waals surface area contributed by atoms with Crippen molar-refractivity contribution in [1.29, 1.82) is 0 Å². The van der Waals surface area contributed by atoms with Gasteiger partial charge < -0.3 is 9.84 Å². The average molecular weight is 320 g/mol. The first-order valence-electron chi connectivity index (χ1n) is 8.71. The van der Waals surface area contributed by atoms with Gasteiger partial charge in [0.25, 0.3) is 0 Å². The highest BCUT2D eigenvalue weighted by molar-refractivity contribution is 5.31. The fourth-order valence-electron chi connectivity index (χ4n) is 2.91. The summed E-state index contributed by atoms with van der Waals surface area (Å²) in [5.74, 6) is 0.950. The maximum Gasteiger partial charge on any atom is 0.119 e. The normalized spacial score (nSPS) is 18.8. The van der Waals surface area contributed by atoms with Gasteiger partial charge in [-0.2, -0.15) is 0 Å². The molecule has 1 aromatic rings. The minimum atomic E-state index is -0.235. The second-order valence-corrected chi connectivity index (χ2v) is 7.61. The Bertz CT molecular complexity index is 457. The summed E-state index contributed by atoms with van der Waals surface area (Å²) >= 11 is 0. The molecule has 0 aliphatic carbocycles. The number of rotatable bonds is 6. The number of benzene rings is 1. The second-order valence-electron chi connectivity index (χ2n) is 7.61. The molecule has 4 nitrogen and oxygen atoms in total. The molecule has 23 heavy (non-hydrogen) atoms. The van der Waals surface area contributed by atoms with Crippen molar-refractivity contribution in [3.8, 4) is 5.75 Å². The van der Waals surface area contributed by atoms with Gasteiger partial charge in [0, 0.05) is 39.3 Å². The molecule has 1 unspecified atom stereocenters. The zero-order valence-electron chi connectivity index (χ0n) is 15.1. The van der Waals surface area contributed by atoms with Crippen LogP contribution in [0.15, 0.2) is 24.3 Å². The third-order valence-electron chi connectivity index (χ3n) is 4.38. The van der Waals surface area contributed by atoms with E-state index in [1.807, 2.05) is 6.92 Å².